The number of aliphatic hydroxyl groups excluding tert-OH is 3. The minimum atomic E-state index is -1.50. The summed E-state index contributed by atoms with van der Waals surface area (Å²) < 4.78 is 10.7. The highest BCUT2D eigenvalue weighted by atomic mass is 16.7. The molecule has 1 aromatic carbocycles. The number of nitro benzene ring substituents is 1. The first kappa shape index (κ1) is 16.9. The van der Waals surface area contributed by atoms with Crippen molar-refractivity contribution in [2.45, 2.75) is 30.6 Å². The Morgan fingerprint density at radius 1 is 1.35 bits per heavy atom. The second-order valence-electron chi connectivity index (χ2n) is 4.77. The van der Waals surface area contributed by atoms with Gasteiger partial charge in [-0.15, -0.1) is 0 Å². The van der Waals surface area contributed by atoms with Crippen molar-refractivity contribution in [1.82, 2.24) is 0 Å². The van der Waals surface area contributed by atoms with Crippen molar-refractivity contribution in [2.24, 2.45) is 5.11 Å². The molecular formula is C12H14N4O7. The lowest BCUT2D eigenvalue weighted by Crippen LogP contribution is -2.59. The second-order valence-corrected chi connectivity index (χ2v) is 4.77. The number of non-ortho nitro benzene ring substituents is 1. The van der Waals surface area contributed by atoms with E-state index >= 15 is 0 Å². The first-order valence-electron chi connectivity index (χ1n) is 6.55. The van der Waals surface area contributed by atoms with Gasteiger partial charge in [0.1, 0.15) is 24.0 Å². The summed E-state index contributed by atoms with van der Waals surface area (Å²) in [5.74, 6) is 0.166. The van der Waals surface area contributed by atoms with Gasteiger partial charge in [0.15, 0.2) is 0 Å². The Balaban J connectivity index is 2.20. The predicted molar refractivity (Wildman–Crippen MR) is 74.4 cm³/mol. The third-order valence-corrected chi connectivity index (χ3v) is 3.33. The molecule has 1 aliphatic rings. The van der Waals surface area contributed by atoms with E-state index in [0.717, 1.165) is 0 Å². The summed E-state index contributed by atoms with van der Waals surface area (Å²) in [7, 11) is 0. The molecule has 1 aromatic rings. The van der Waals surface area contributed by atoms with Crippen molar-refractivity contribution in [3.63, 3.8) is 0 Å². The SMILES string of the molecule is [N-]=[N+]=N[C@@H]1[C@H](Oc2ccc([N+](=O)[O-])cc2)O[C@H](CO)[C@H](O)[C@H]1O. The van der Waals surface area contributed by atoms with Gasteiger partial charge < -0.3 is 24.8 Å². The summed E-state index contributed by atoms with van der Waals surface area (Å²) in [6.07, 6.45) is -5.35. The third-order valence-electron chi connectivity index (χ3n) is 3.33. The van der Waals surface area contributed by atoms with Gasteiger partial charge in [-0.05, 0) is 17.7 Å². The van der Waals surface area contributed by atoms with E-state index in [2.05, 4.69) is 10.0 Å². The molecule has 11 nitrogen and oxygen atoms in total. The third kappa shape index (κ3) is 3.67. The Kier molecular flexibility index (Phi) is 5.32. The van der Waals surface area contributed by atoms with E-state index in [9.17, 15) is 20.3 Å². The van der Waals surface area contributed by atoms with E-state index in [4.69, 9.17) is 20.1 Å². The maximum Gasteiger partial charge on any atom is 0.269 e. The van der Waals surface area contributed by atoms with Crippen LogP contribution in [0.2, 0.25) is 0 Å². The molecule has 0 bridgehead atoms. The summed E-state index contributed by atoms with van der Waals surface area (Å²) in [6, 6.07) is 3.76. The van der Waals surface area contributed by atoms with Crippen LogP contribution in [0.1, 0.15) is 0 Å². The molecule has 124 valence electrons. The van der Waals surface area contributed by atoms with Crippen LogP contribution in [0, 0.1) is 10.1 Å². The standard InChI is InChI=1S/C12H14N4O7/c13-15-14-9-11(19)10(18)8(5-17)23-12(9)22-7-3-1-6(2-4-7)16(20)21/h1-4,8-12,17-19H,5H2/t8-,9+,10+,11+,12-/m1/s1. The molecule has 0 spiro atoms. The highest BCUT2D eigenvalue weighted by molar-refractivity contribution is 5.36. The number of benzene rings is 1. The van der Waals surface area contributed by atoms with Crippen LogP contribution in [-0.2, 0) is 4.74 Å². The number of ether oxygens (including phenoxy) is 2. The molecule has 1 heterocycles. The minimum absolute atomic E-state index is 0.141. The van der Waals surface area contributed by atoms with Gasteiger partial charge >= 0.3 is 0 Å². The van der Waals surface area contributed by atoms with Crippen LogP contribution in [-0.4, -0.2) is 57.5 Å². The van der Waals surface area contributed by atoms with Gasteiger partial charge in [-0.3, -0.25) is 10.1 Å². The van der Waals surface area contributed by atoms with Gasteiger partial charge in [-0.2, -0.15) is 0 Å². The minimum Gasteiger partial charge on any atom is -0.464 e. The van der Waals surface area contributed by atoms with E-state index in [-0.39, 0.29) is 11.4 Å². The van der Waals surface area contributed by atoms with Crippen LogP contribution >= 0.6 is 0 Å². The van der Waals surface area contributed by atoms with E-state index in [1.807, 2.05) is 0 Å². The number of nitrogens with zero attached hydrogens (tertiary/aromatic N) is 4. The predicted octanol–water partition coefficient (Wildman–Crippen LogP) is 0.0915. The lowest BCUT2D eigenvalue weighted by Gasteiger charge is -2.40. The number of nitro groups is 1. The molecule has 0 aromatic heterocycles. The van der Waals surface area contributed by atoms with Gasteiger partial charge in [0, 0.05) is 17.0 Å². The number of azide groups is 1. The highest BCUT2D eigenvalue weighted by Gasteiger charge is 2.45. The largest absolute Gasteiger partial charge is 0.464 e. The molecule has 1 aliphatic heterocycles. The molecule has 0 radical (unpaired) electrons. The maximum atomic E-state index is 10.6. The van der Waals surface area contributed by atoms with Crippen molar-refractivity contribution < 1.29 is 29.7 Å². The first-order valence-corrected chi connectivity index (χ1v) is 6.55. The van der Waals surface area contributed by atoms with E-state index < -0.39 is 42.2 Å². The smallest absolute Gasteiger partial charge is 0.269 e. The Labute approximate surface area is 129 Å². The van der Waals surface area contributed by atoms with E-state index in [1.165, 1.54) is 24.3 Å². The van der Waals surface area contributed by atoms with Gasteiger partial charge in [-0.25, -0.2) is 0 Å². The van der Waals surface area contributed by atoms with Crippen LogP contribution < -0.4 is 4.74 Å². The normalized spacial score (nSPS) is 30.3. The quantitative estimate of drug-likeness (QED) is 0.226. The van der Waals surface area contributed by atoms with Gasteiger partial charge in [-0.1, -0.05) is 5.11 Å². The van der Waals surface area contributed by atoms with Crippen molar-refractivity contribution in [3.05, 3.63) is 44.8 Å². The molecule has 0 saturated carbocycles. The van der Waals surface area contributed by atoms with Gasteiger partial charge in [0.25, 0.3) is 5.69 Å². The summed E-state index contributed by atoms with van der Waals surface area (Å²) in [4.78, 5) is 12.6. The molecule has 0 amide bonds. The Hall–Kier alpha value is -2.43. The lowest BCUT2D eigenvalue weighted by atomic mass is 9.98. The Morgan fingerprint density at radius 2 is 2.00 bits per heavy atom. The molecular weight excluding hydrogens is 312 g/mol. The zero-order valence-electron chi connectivity index (χ0n) is 11.7. The number of hydrogen-bond acceptors (Lipinski definition) is 8. The average Bonchev–Trinajstić information content (AvgIpc) is 2.54. The fourth-order valence-corrected chi connectivity index (χ4v) is 2.13. The van der Waals surface area contributed by atoms with Crippen molar-refractivity contribution >= 4 is 5.69 Å². The number of aliphatic hydroxyl groups is 3. The lowest BCUT2D eigenvalue weighted by molar-refractivity contribution is -0.384. The molecule has 3 N–H and O–H groups in total. The first-order chi connectivity index (χ1) is 11.0. The summed E-state index contributed by atoms with van der Waals surface area (Å²) in [5.41, 5.74) is 8.42. The summed E-state index contributed by atoms with van der Waals surface area (Å²) in [5, 5.41) is 42.8. The molecule has 0 aliphatic carbocycles. The molecule has 0 unspecified atom stereocenters. The molecule has 1 fully saturated rings. The Morgan fingerprint density at radius 3 is 2.52 bits per heavy atom. The van der Waals surface area contributed by atoms with Crippen LogP contribution in [0.3, 0.4) is 0 Å². The van der Waals surface area contributed by atoms with Crippen LogP contribution in [0.25, 0.3) is 10.4 Å². The van der Waals surface area contributed by atoms with Crippen molar-refractivity contribution in [3.8, 4) is 5.75 Å². The highest BCUT2D eigenvalue weighted by Crippen LogP contribution is 2.27. The van der Waals surface area contributed by atoms with Gasteiger partial charge in [0.2, 0.25) is 6.29 Å². The zero-order chi connectivity index (χ0) is 17.0. The van der Waals surface area contributed by atoms with E-state index in [0.29, 0.717) is 0 Å². The fourth-order valence-electron chi connectivity index (χ4n) is 2.13. The van der Waals surface area contributed by atoms with Crippen molar-refractivity contribution in [1.29, 1.82) is 0 Å². The number of hydrogen-bond donors (Lipinski definition) is 3. The second kappa shape index (κ2) is 7.22. The molecule has 5 atom stereocenters. The fraction of sp³-hybridized carbons (Fsp3) is 0.500. The summed E-state index contributed by atoms with van der Waals surface area (Å²) >= 11 is 0. The molecule has 11 heteroatoms. The molecule has 2 rings (SSSR count). The molecule has 23 heavy (non-hydrogen) atoms. The van der Waals surface area contributed by atoms with Crippen LogP contribution in [0.4, 0.5) is 5.69 Å². The average molecular weight is 326 g/mol. The van der Waals surface area contributed by atoms with Crippen LogP contribution in [0.15, 0.2) is 29.4 Å². The maximum absolute atomic E-state index is 10.6. The summed E-state index contributed by atoms with van der Waals surface area (Å²) in [6.45, 7) is -0.582. The monoisotopic (exact) mass is 326 g/mol. The zero-order valence-corrected chi connectivity index (χ0v) is 11.7. The molecule has 1 saturated heterocycles. The van der Waals surface area contributed by atoms with Crippen LogP contribution in [0.5, 0.6) is 5.75 Å². The van der Waals surface area contributed by atoms with Crippen molar-refractivity contribution in [2.75, 3.05) is 6.61 Å². The Bertz CT molecular complexity index is 604. The topological polar surface area (TPSA) is 171 Å². The van der Waals surface area contributed by atoms with Gasteiger partial charge in [0.05, 0.1) is 17.6 Å². The number of rotatable bonds is 5. The van der Waals surface area contributed by atoms with E-state index in [1.54, 1.807) is 0 Å².